The molecule has 0 spiro atoms. The van der Waals surface area contributed by atoms with E-state index in [1.165, 1.54) is 18.3 Å². The van der Waals surface area contributed by atoms with E-state index >= 15 is 0 Å². The van der Waals surface area contributed by atoms with Crippen LogP contribution in [0.5, 0.6) is 0 Å². The van der Waals surface area contributed by atoms with Crippen LogP contribution in [-0.4, -0.2) is 46.0 Å². The van der Waals surface area contributed by atoms with Gasteiger partial charge in [0.05, 0.1) is 0 Å². The third kappa shape index (κ3) is 4.54. The van der Waals surface area contributed by atoms with E-state index in [0.29, 0.717) is 17.9 Å². The summed E-state index contributed by atoms with van der Waals surface area (Å²) in [6.07, 6.45) is 2.23. The van der Waals surface area contributed by atoms with Gasteiger partial charge in [-0.25, -0.2) is 9.59 Å². The van der Waals surface area contributed by atoms with Crippen LogP contribution in [0, 0.1) is 0 Å². The maximum absolute atomic E-state index is 12.7. The van der Waals surface area contributed by atoms with Crippen LogP contribution in [-0.2, 0) is 20.7 Å². The van der Waals surface area contributed by atoms with Gasteiger partial charge < -0.3 is 15.0 Å². The van der Waals surface area contributed by atoms with Gasteiger partial charge in [0.2, 0.25) is 0 Å². The van der Waals surface area contributed by atoms with Gasteiger partial charge in [-0.05, 0) is 37.5 Å². The van der Waals surface area contributed by atoms with E-state index in [9.17, 15) is 24.0 Å². The second-order valence-electron chi connectivity index (χ2n) is 6.91. The molecule has 0 unspecified atom stereocenters. The SMILES string of the molecule is C[C@@]1(CCc2ccccc2)NC(=O)N(NC(=O)COC(=O)c2ccc[nH]c2=O)C1=O. The van der Waals surface area contributed by atoms with E-state index < -0.39 is 41.5 Å². The molecular weight excluding hydrogens is 392 g/mol. The minimum atomic E-state index is -1.19. The molecule has 2 heterocycles. The van der Waals surface area contributed by atoms with Crippen LogP contribution in [0.15, 0.2) is 53.5 Å². The molecule has 1 aromatic heterocycles. The van der Waals surface area contributed by atoms with Crippen molar-refractivity contribution in [3.8, 4) is 0 Å². The number of H-pyrrole nitrogens is 1. The first-order chi connectivity index (χ1) is 14.3. The molecule has 156 valence electrons. The molecule has 10 nitrogen and oxygen atoms in total. The number of urea groups is 1. The zero-order valence-electron chi connectivity index (χ0n) is 16.1. The number of ether oxygens (including phenoxy) is 1. The molecule has 4 amide bonds. The maximum Gasteiger partial charge on any atom is 0.344 e. The second-order valence-corrected chi connectivity index (χ2v) is 6.91. The molecule has 30 heavy (non-hydrogen) atoms. The van der Waals surface area contributed by atoms with Gasteiger partial charge in [-0.3, -0.25) is 19.8 Å². The van der Waals surface area contributed by atoms with Gasteiger partial charge in [0.25, 0.3) is 17.4 Å². The van der Waals surface area contributed by atoms with Gasteiger partial charge >= 0.3 is 12.0 Å². The summed E-state index contributed by atoms with van der Waals surface area (Å²) in [6.45, 7) is 0.801. The number of hydrogen-bond acceptors (Lipinski definition) is 6. The van der Waals surface area contributed by atoms with Crippen molar-refractivity contribution in [1.82, 2.24) is 20.7 Å². The third-order valence-electron chi connectivity index (χ3n) is 4.63. The fraction of sp³-hybridized carbons (Fsp3) is 0.250. The number of hydrogen-bond donors (Lipinski definition) is 3. The molecule has 1 saturated heterocycles. The van der Waals surface area contributed by atoms with Crippen LogP contribution < -0.4 is 16.3 Å². The topological polar surface area (TPSA) is 138 Å². The first-order valence-corrected chi connectivity index (χ1v) is 9.15. The number of carbonyl (C=O) groups is 4. The Morgan fingerprint density at radius 3 is 2.53 bits per heavy atom. The highest BCUT2D eigenvalue weighted by Gasteiger charge is 2.48. The number of benzene rings is 1. The zero-order chi connectivity index (χ0) is 21.7. The van der Waals surface area contributed by atoms with E-state index in [1.807, 2.05) is 30.3 Å². The Kier molecular flexibility index (Phi) is 5.95. The highest BCUT2D eigenvalue weighted by Crippen LogP contribution is 2.22. The van der Waals surface area contributed by atoms with Crippen molar-refractivity contribution in [2.24, 2.45) is 0 Å². The minimum absolute atomic E-state index is 0.270. The van der Waals surface area contributed by atoms with E-state index in [-0.39, 0.29) is 5.56 Å². The lowest BCUT2D eigenvalue weighted by Crippen LogP contribution is -2.50. The number of carbonyl (C=O) groups excluding carboxylic acids is 4. The predicted molar refractivity (Wildman–Crippen MR) is 104 cm³/mol. The molecule has 1 aliphatic heterocycles. The van der Waals surface area contributed by atoms with Crippen LogP contribution >= 0.6 is 0 Å². The van der Waals surface area contributed by atoms with Crippen LogP contribution in [0.2, 0.25) is 0 Å². The lowest BCUT2D eigenvalue weighted by Gasteiger charge is -2.21. The van der Waals surface area contributed by atoms with Gasteiger partial charge in [0.1, 0.15) is 11.1 Å². The smallest absolute Gasteiger partial charge is 0.344 e. The summed E-state index contributed by atoms with van der Waals surface area (Å²) >= 11 is 0. The Labute approximate surface area is 171 Å². The van der Waals surface area contributed by atoms with Crippen LogP contribution in [0.4, 0.5) is 4.79 Å². The molecule has 1 aromatic carbocycles. The quantitative estimate of drug-likeness (QED) is 0.447. The summed E-state index contributed by atoms with van der Waals surface area (Å²) in [4.78, 5) is 62.6. The first kappa shape index (κ1) is 20.8. The highest BCUT2D eigenvalue weighted by molar-refractivity contribution is 6.07. The molecule has 0 radical (unpaired) electrons. The summed E-state index contributed by atoms with van der Waals surface area (Å²) in [5.41, 5.74) is 1.01. The summed E-state index contributed by atoms with van der Waals surface area (Å²) in [5, 5.41) is 3.14. The van der Waals surface area contributed by atoms with Crippen molar-refractivity contribution < 1.29 is 23.9 Å². The third-order valence-corrected chi connectivity index (χ3v) is 4.63. The molecule has 3 N–H and O–H groups in total. The predicted octanol–water partition coefficient (Wildman–Crippen LogP) is 0.506. The molecule has 1 fully saturated rings. The number of aromatic nitrogens is 1. The number of aryl methyl sites for hydroxylation is 1. The lowest BCUT2D eigenvalue weighted by molar-refractivity contribution is -0.140. The van der Waals surface area contributed by atoms with E-state index in [0.717, 1.165) is 5.56 Å². The summed E-state index contributed by atoms with van der Waals surface area (Å²) in [7, 11) is 0. The standard InChI is InChI=1S/C20H20N4O6/c1-20(10-9-13-6-3-2-4-7-13)18(28)24(19(29)22-20)23-15(25)12-30-17(27)14-8-5-11-21-16(14)26/h2-8,11H,9-10,12H2,1H3,(H,21,26)(H,22,29)(H,23,25)/t20-/m0/s1. The van der Waals surface area contributed by atoms with E-state index in [2.05, 4.69) is 15.7 Å². The average Bonchev–Trinajstić information content (AvgIpc) is 2.95. The summed E-state index contributed by atoms with van der Waals surface area (Å²) in [5.74, 6) is -2.52. The van der Waals surface area contributed by atoms with Crippen molar-refractivity contribution in [1.29, 1.82) is 0 Å². The van der Waals surface area contributed by atoms with Crippen molar-refractivity contribution in [2.75, 3.05) is 6.61 Å². The minimum Gasteiger partial charge on any atom is -0.452 e. The van der Waals surface area contributed by atoms with E-state index in [4.69, 9.17) is 4.74 Å². The van der Waals surface area contributed by atoms with Gasteiger partial charge in [-0.2, -0.15) is 5.01 Å². The van der Waals surface area contributed by atoms with Gasteiger partial charge in [0, 0.05) is 6.20 Å². The van der Waals surface area contributed by atoms with Gasteiger partial charge in [0.15, 0.2) is 6.61 Å². The molecule has 2 aromatic rings. The zero-order valence-corrected chi connectivity index (χ0v) is 16.1. The van der Waals surface area contributed by atoms with Gasteiger partial charge in [-0.15, -0.1) is 0 Å². The highest BCUT2D eigenvalue weighted by atomic mass is 16.5. The second kappa shape index (κ2) is 8.60. The van der Waals surface area contributed by atoms with Crippen molar-refractivity contribution in [2.45, 2.75) is 25.3 Å². The monoisotopic (exact) mass is 412 g/mol. The molecule has 3 rings (SSSR count). The molecular formula is C20H20N4O6. The number of nitrogens with zero attached hydrogens (tertiary/aromatic N) is 1. The molecule has 0 saturated carbocycles. The number of pyridine rings is 1. The number of hydrazine groups is 1. The van der Waals surface area contributed by atoms with Crippen LogP contribution in [0.3, 0.4) is 0 Å². The number of aromatic amines is 1. The number of amides is 4. The summed E-state index contributed by atoms with van der Waals surface area (Å²) in [6, 6.07) is 11.4. The number of imide groups is 1. The van der Waals surface area contributed by atoms with Crippen molar-refractivity contribution in [3.05, 3.63) is 70.1 Å². The average molecular weight is 412 g/mol. The Balaban J connectivity index is 1.55. The number of nitrogens with one attached hydrogen (secondary N) is 3. The van der Waals surface area contributed by atoms with Crippen molar-refractivity contribution >= 4 is 23.8 Å². The fourth-order valence-electron chi connectivity index (χ4n) is 2.94. The van der Waals surface area contributed by atoms with E-state index in [1.54, 1.807) is 6.92 Å². The Morgan fingerprint density at radius 1 is 1.10 bits per heavy atom. The Bertz CT molecular complexity index is 1030. The van der Waals surface area contributed by atoms with Gasteiger partial charge in [-0.1, -0.05) is 30.3 Å². The maximum atomic E-state index is 12.7. The summed E-state index contributed by atoms with van der Waals surface area (Å²) < 4.78 is 4.77. The van der Waals surface area contributed by atoms with Crippen LogP contribution in [0.1, 0.15) is 29.3 Å². The number of rotatable bonds is 7. The Hall–Kier alpha value is -3.95. The van der Waals surface area contributed by atoms with Crippen LogP contribution in [0.25, 0.3) is 0 Å². The lowest BCUT2D eigenvalue weighted by atomic mass is 9.93. The molecule has 10 heteroatoms. The molecule has 0 bridgehead atoms. The first-order valence-electron chi connectivity index (χ1n) is 9.15. The largest absolute Gasteiger partial charge is 0.452 e. The number of esters is 1. The molecule has 0 aliphatic carbocycles. The van der Waals surface area contributed by atoms with Crippen molar-refractivity contribution in [3.63, 3.8) is 0 Å². The Morgan fingerprint density at radius 2 is 1.83 bits per heavy atom. The molecule has 1 aliphatic rings. The fourth-order valence-corrected chi connectivity index (χ4v) is 2.94. The normalized spacial score (nSPS) is 18.1. The molecule has 1 atom stereocenters.